The molecule has 0 saturated carbocycles. The lowest BCUT2D eigenvalue weighted by molar-refractivity contribution is -0.384. The number of nitro groups is 1. The summed E-state index contributed by atoms with van der Waals surface area (Å²) in [6, 6.07) is 20.0. The summed E-state index contributed by atoms with van der Waals surface area (Å²) in [6.45, 7) is 1.75. The van der Waals surface area contributed by atoms with Gasteiger partial charge in [-0.1, -0.05) is 17.7 Å². The molecular weight excluding hydrogens is 444 g/mol. The fraction of sp³-hybridized carbons (Fsp3) is 0.0833. The van der Waals surface area contributed by atoms with Gasteiger partial charge in [0.05, 0.1) is 40.4 Å². The number of aromatic amines is 1. The van der Waals surface area contributed by atoms with E-state index >= 15 is 0 Å². The quantitative estimate of drug-likeness (QED) is 0.231. The molecule has 0 saturated heterocycles. The molecular formula is C24H19ClN4O4. The lowest BCUT2D eigenvalue weighted by Crippen LogP contribution is -2.19. The van der Waals surface area contributed by atoms with E-state index in [1.54, 1.807) is 50.4 Å². The fourth-order valence-corrected chi connectivity index (χ4v) is 3.62. The number of nitrogens with zero attached hydrogens (tertiary/aromatic N) is 3. The van der Waals surface area contributed by atoms with Gasteiger partial charge < -0.3 is 4.74 Å². The molecule has 4 aromatic rings. The van der Waals surface area contributed by atoms with Crippen molar-refractivity contribution in [3.8, 4) is 22.7 Å². The van der Waals surface area contributed by atoms with E-state index in [1.165, 1.54) is 28.9 Å². The van der Waals surface area contributed by atoms with Crippen molar-refractivity contribution in [2.24, 2.45) is 4.99 Å². The number of aromatic nitrogens is 2. The monoisotopic (exact) mass is 462 g/mol. The summed E-state index contributed by atoms with van der Waals surface area (Å²) in [6.07, 6.45) is 0. The van der Waals surface area contributed by atoms with Crippen LogP contribution >= 0.6 is 11.6 Å². The largest absolute Gasteiger partial charge is 0.497 e. The molecule has 0 aliphatic carbocycles. The van der Waals surface area contributed by atoms with E-state index in [0.717, 1.165) is 5.56 Å². The van der Waals surface area contributed by atoms with Crippen LogP contribution in [0.1, 0.15) is 12.5 Å². The van der Waals surface area contributed by atoms with Crippen LogP contribution in [0.2, 0.25) is 5.02 Å². The molecule has 1 N–H and O–H groups in total. The lowest BCUT2D eigenvalue weighted by Gasteiger charge is -2.05. The van der Waals surface area contributed by atoms with Crippen LogP contribution in [0.5, 0.6) is 5.75 Å². The van der Waals surface area contributed by atoms with Crippen molar-refractivity contribution in [2.75, 3.05) is 7.11 Å². The topological polar surface area (TPSA) is 103 Å². The first-order valence-electron chi connectivity index (χ1n) is 9.93. The van der Waals surface area contributed by atoms with Gasteiger partial charge in [-0.2, -0.15) is 0 Å². The Labute approximate surface area is 193 Å². The number of ether oxygens (including phenoxy) is 1. The first-order valence-corrected chi connectivity index (χ1v) is 10.3. The summed E-state index contributed by atoms with van der Waals surface area (Å²) >= 11 is 6.08. The molecule has 4 rings (SSSR count). The van der Waals surface area contributed by atoms with Crippen molar-refractivity contribution in [3.05, 3.63) is 104 Å². The molecule has 0 fully saturated rings. The molecule has 33 heavy (non-hydrogen) atoms. The highest BCUT2D eigenvalue weighted by molar-refractivity contribution is 6.30. The Morgan fingerprint density at radius 3 is 2.39 bits per heavy atom. The van der Waals surface area contributed by atoms with Crippen LogP contribution in [0.15, 0.2) is 82.6 Å². The van der Waals surface area contributed by atoms with E-state index in [-0.39, 0.29) is 11.2 Å². The smallest absolute Gasteiger partial charge is 0.280 e. The SMILES string of the molecule is COc1ccc(-c2[nH]n(-c3ccc([N+](=O)[O-])cc3)c(=O)c2C(C)=Nc2cccc(Cl)c2)cc1. The highest BCUT2D eigenvalue weighted by atomic mass is 35.5. The van der Waals surface area contributed by atoms with E-state index in [1.807, 2.05) is 12.1 Å². The van der Waals surface area contributed by atoms with Crippen molar-refractivity contribution >= 4 is 28.7 Å². The van der Waals surface area contributed by atoms with Gasteiger partial charge in [0.15, 0.2) is 0 Å². The Kier molecular flexibility index (Phi) is 6.10. The molecule has 9 heteroatoms. The highest BCUT2D eigenvalue weighted by Gasteiger charge is 2.20. The van der Waals surface area contributed by atoms with Gasteiger partial charge in [0.25, 0.3) is 11.2 Å². The number of aliphatic imine (C=N–C) groups is 1. The second kappa shape index (κ2) is 9.13. The summed E-state index contributed by atoms with van der Waals surface area (Å²) in [5.74, 6) is 0.682. The highest BCUT2D eigenvalue weighted by Crippen LogP contribution is 2.26. The van der Waals surface area contributed by atoms with Crippen LogP contribution in [0.3, 0.4) is 0 Å². The molecule has 1 heterocycles. The predicted molar refractivity (Wildman–Crippen MR) is 128 cm³/mol. The van der Waals surface area contributed by atoms with Crippen LogP contribution in [-0.4, -0.2) is 27.5 Å². The van der Waals surface area contributed by atoms with Crippen molar-refractivity contribution in [2.45, 2.75) is 6.92 Å². The van der Waals surface area contributed by atoms with E-state index in [9.17, 15) is 14.9 Å². The maximum atomic E-state index is 13.5. The molecule has 0 bridgehead atoms. The second-order valence-corrected chi connectivity index (χ2v) is 7.62. The molecule has 0 aliphatic heterocycles. The van der Waals surface area contributed by atoms with Gasteiger partial charge in [-0.3, -0.25) is 25.0 Å². The molecule has 0 aliphatic rings. The standard InChI is InChI=1S/C24H19ClN4O4/c1-15(26-18-5-3-4-17(25)14-18)22-23(16-6-12-21(33-2)13-7-16)27-28(24(22)30)19-8-10-20(11-9-19)29(31)32/h3-14,27H,1-2H3. The first kappa shape index (κ1) is 22.0. The number of nitro benzene ring substituents is 1. The molecule has 3 aromatic carbocycles. The number of nitrogens with one attached hydrogen (secondary N) is 1. The van der Waals surface area contributed by atoms with Crippen molar-refractivity contribution in [1.29, 1.82) is 0 Å². The lowest BCUT2D eigenvalue weighted by atomic mass is 10.0. The van der Waals surface area contributed by atoms with Gasteiger partial charge in [-0.15, -0.1) is 0 Å². The first-order chi connectivity index (χ1) is 15.9. The van der Waals surface area contributed by atoms with Gasteiger partial charge in [-0.25, -0.2) is 4.68 Å². The van der Waals surface area contributed by atoms with Crippen LogP contribution in [0.4, 0.5) is 11.4 Å². The number of halogens is 1. The third-order valence-electron chi connectivity index (χ3n) is 5.05. The summed E-state index contributed by atoms with van der Waals surface area (Å²) in [7, 11) is 1.58. The third-order valence-corrected chi connectivity index (χ3v) is 5.29. The molecule has 0 spiro atoms. The summed E-state index contributed by atoms with van der Waals surface area (Å²) in [5, 5.41) is 14.7. The minimum Gasteiger partial charge on any atom is -0.497 e. The molecule has 166 valence electrons. The summed E-state index contributed by atoms with van der Waals surface area (Å²) in [4.78, 5) is 28.6. The minimum atomic E-state index is -0.489. The number of benzene rings is 3. The fourth-order valence-electron chi connectivity index (χ4n) is 3.44. The van der Waals surface area contributed by atoms with Crippen LogP contribution in [0.25, 0.3) is 16.9 Å². The summed E-state index contributed by atoms with van der Waals surface area (Å²) in [5.41, 5.74) is 2.85. The molecule has 0 unspecified atom stereocenters. The Morgan fingerprint density at radius 2 is 1.79 bits per heavy atom. The number of hydrogen-bond acceptors (Lipinski definition) is 5. The maximum absolute atomic E-state index is 13.5. The Balaban J connectivity index is 1.89. The van der Waals surface area contributed by atoms with Gasteiger partial charge in [-0.05, 0) is 61.5 Å². The molecule has 8 nitrogen and oxygen atoms in total. The normalized spacial score (nSPS) is 11.4. The molecule has 0 radical (unpaired) electrons. The van der Waals surface area contributed by atoms with E-state index < -0.39 is 4.92 Å². The van der Waals surface area contributed by atoms with E-state index in [2.05, 4.69) is 10.1 Å². The van der Waals surface area contributed by atoms with E-state index in [0.29, 0.717) is 39.1 Å². The Bertz CT molecular complexity index is 1400. The average molecular weight is 463 g/mol. The number of H-pyrrole nitrogens is 1. The molecule has 0 amide bonds. The zero-order valence-corrected chi connectivity index (χ0v) is 18.5. The van der Waals surface area contributed by atoms with Crippen LogP contribution in [-0.2, 0) is 0 Å². The summed E-state index contributed by atoms with van der Waals surface area (Å²) < 4.78 is 6.58. The van der Waals surface area contributed by atoms with Crippen molar-refractivity contribution in [1.82, 2.24) is 9.78 Å². The molecule has 0 atom stereocenters. The van der Waals surface area contributed by atoms with Gasteiger partial charge in [0, 0.05) is 22.7 Å². The van der Waals surface area contributed by atoms with Crippen molar-refractivity contribution < 1.29 is 9.66 Å². The Hall–Kier alpha value is -4.17. The predicted octanol–water partition coefficient (Wildman–Crippen LogP) is 5.54. The maximum Gasteiger partial charge on any atom is 0.280 e. The minimum absolute atomic E-state index is 0.0624. The van der Waals surface area contributed by atoms with Gasteiger partial charge in [0.1, 0.15) is 5.75 Å². The number of rotatable bonds is 6. The van der Waals surface area contributed by atoms with Gasteiger partial charge >= 0.3 is 0 Å². The number of non-ortho nitro benzene ring substituents is 1. The second-order valence-electron chi connectivity index (χ2n) is 7.18. The van der Waals surface area contributed by atoms with Gasteiger partial charge in [0.2, 0.25) is 0 Å². The zero-order chi connectivity index (χ0) is 23.5. The van der Waals surface area contributed by atoms with Crippen molar-refractivity contribution in [3.63, 3.8) is 0 Å². The third kappa shape index (κ3) is 4.56. The zero-order valence-electron chi connectivity index (χ0n) is 17.8. The average Bonchev–Trinajstić information content (AvgIpc) is 3.16. The number of methoxy groups -OCH3 is 1. The Morgan fingerprint density at radius 1 is 1.09 bits per heavy atom. The number of hydrogen-bond donors (Lipinski definition) is 1. The van der Waals surface area contributed by atoms with E-state index in [4.69, 9.17) is 16.3 Å². The molecule has 1 aromatic heterocycles. The van der Waals surface area contributed by atoms with Crippen LogP contribution < -0.4 is 10.3 Å². The van der Waals surface area contributed by atoms with Crippen LogP contribution in [0, 0.1) is 10.1 Å².